The lowest BCUT2D eigenvalue weighted by molar-refractivity contribution is -0.139. The molecule has 37 heavy (non-hydrogen) atoms. The van der Waals surface area contributed by atoms with E-state index in [1.807, 2.05) is 83.8 Å². The Bertz CT molecular complexity index is 1240. The van der Waals surface area contributed by atoms with Gasteiger partial charge >= 0.3 is 0 Å². The van der Waals surface area contributed by atoms with E-state index in [0.717, 1.165) is 16.8 Å². The molecule has 7 nitrogen and oxygen atoms in total. The van der Waals surface area contributed by atoms with Gasteiger partial charge in [0, 0.05) is 18.8 Å². The van der Waals surface area contributed by atoms with Gasteiger partial charge in [-0.15, -0.1) is 0 Å². The average molecular weight is 518 g/mol. The number of para-hydroxylation sites is 1. The Morgan fingerprint density at radius 2 is 1.59 bits per heavy atom. The second-order valence-corrected chi connectivity index (χ2v) is 9.15. The minimum Gasteiger partial charge on any atom is -0.493 e. The first-order chi connectivity index (χ1) is 18.0. The molecule has 1 aliphatic rings. The Labute approximate surface area is 223 Å². The number of likely N-dealkylation sites (tertiary alicyclic amines) is 1. The van der Waals surface area contributed by atoms with Crippen molar-refractivity contribution in [2.24, 2.45) is 0 Å². The Morgan fingerprint density at radius 3 is 2.27 bits per heavy atom. The first kappa shape index (κ1) is 26.2. The summed E-state index contributed by atoms with van der Waals surface area (Å²) in [6.45, 7) is 0.797. The van der Waals surface area contributed by atoms with Gasteiger partial charge < -0.3 is 19.7 Å². The number of thiocarbonyl (C=S) groups is 1. The van der Waals surface area contributed by atoms with Crippen molar-refractivity contribution in [1.82, 2.24) is 9.80 Å². The molecule has 2 amide bonds. The molecule has 8 heteroatoms. The number of carbonyl (C=O) groups excluding carboxylic acids is 2. The van der Waals surface area contributed by atoms with Gasteiger partial charge in [0.2, 0.25) is 5.91 Å². The highest BCUT2D eigenvalue weighted by molar-refractivity contribution is 7.80. The van der Waals surface area contributed by atoms with Gasteiger partial charge in [0.05, 0.1) is 20.6 Å². The van der Waals surface area contributed by atoms with Crippen molar-refractivity contribution in [3.8, 4) is 11.5 Å². The maximum absolute atomic E-state index is 13.5. The number of rotatable bonds is 10. The number of nitrogens with one attached hydrogen (secondary N) is 1. The molecular formula is C29H31N3O4S. The minimum absolute atomic E-state index is 0.0934. The van der Waals surface area contributed by atoms with E-state index < -0.39 is 6.04 Å². The maximum Gasteiger partial charge on any atom is 0.252 e. The second-order valence-electron chi connectivity index (χ2n) is 8.77. The van der Waals surface area contributed by atoms with E-state index in [1.165, 1.54) is 4.90 Å². The molecule has 192 valence electrons. The van der Waals surface area contributed by atoms with Gasteiger partial charge in [0.25, 0.3) is 5.91 Å². The van der Waals surface area contributed by atoms with Gasteiger partial charge in [-0.05, 0) is 60.5 Å². The van der Waals surface area contributed by atoms with E-state index >= 15 is 0 Å². The van der Waals surface area contributed by atoms with Crippen molar-refractivity contribution in [3.05, 3.63) is 90.0 Å². The first-order valence-corrected chi connectivity index (χ1v) is 12.6. The summed E-state index contributed by atoms with van der Waals surface area (Å²) in [7, 11) is 3.19. The van der Waals surface area contributed by atoms with Crippen LogP contribution in [0.3, 0.4) is 0 Å². The van der Waals surface area contributed by atoms with Crippen LogP contribution in [0, 0.1) is 0 Å². The topological polar surface area (TPSA) is 71.1 Å². The lowest BCUT2D eigenvalue weighted by atomic mass is 10.1. The summed E-state index contributed by atoms with van der Waals surface area (Å²) in [5, 5.41) is 3.64. The number of ether oxygens (including phenoxy) is 2. The molecule has 1 heterocycles. The zero-order valence-corrected chi connectivity index (χ0v) is 21.9. The van der Waals surface area contributed by atoms with E-state index in [-0.39, 0.29) is 18.2 Å². The van der Waals surface area contributed by atoms with Crippen molar-refractivity contribution in [3.63, 3.8) is 0 Å². The van der Waals surface area contributed by atoms with Crippen LogP contribution in [0.1, 0.15) is 17.5 Å². The molecule has 1 atom stereocenters. The molecule has 4 rings (SSSR count). The lowest BCUT2D eigenvalue weighted by Gasteiger charge is -2.30. The summed E-state index contributed by atoms with van der Waals surface area (Å²) in [5.74, 6) is 0.890. The number of carbonyl (C=O) groups is 2. The number of methoxy groups -OCH3 is 2. The fourth-order valence-corrected chi connectivity index (χ4v) is 4.77. The maximum atomic E-state index is 13.5. The van der Waals surface area contributed by atoms with Crippen LogP contribution < -0.4 is 14.8 Å². The largest absolute Gasteiger partial charge is 0.493 e. The normalized spacial score (nSPS) is 15.0. The highest BCUT2D eigenvalue weighted by atomic mass is 32.1. The zero-order chi connectivity index (χ0) is 26.2. The fourth-order valence-electron chi connectivity index (χ4n) is 4.43. The second kappa shape index (κ2) is 12.4. The number of hydrogen-bond donors (Lipinski definition) is 1. The molecule has 0 aliphatic carbocycles. The number of amides is 2. The van der Waals surface area contributed by atoms with Crippen LogP contribution in [0.5, 0.6) is 11.5 Å². The summed E-state index contributed by atoms with van der Waals surface area (Å²) in [5.41, 5.74) is 2.90. The average Bonchev–Trinajstić information content (AvgIpc) is 3.21. The van der Waals surface area contributed by atoms with Crippen LogP contribution >= 0.6 is 12.2 Å². The van der Waals surface area contributed by atoms with Gasteiger partial charge in [0.1, 0.15) is 6.04 Å². The molecule has 0 bridgehead atoms. The molecule has 0 aromatic heterocycles. The highest BCUT2D eigenvalue weighted by Crippen LogP contribution is 2.28. The fraction of sp³-hybridized carbons (Fsp3) is 0.276. The third kappa shape index (κ3) is 6.46. The molecule has 1 aliphatic heterocycles. The van der Waals surface area contributed by atoms with Crippen molar-refractivity contribution < 1.29 is 19.1 Å². The van der Waals surface area contributed by atoms with Crippen LogP contribution in [-0.4, -0.2) is 60.1 Å². The first-order valence-electron chi connectivity index (χ1n) is 12.2. The van der Waals surface area contributed by atoms with Crippen LogP contribution in [-0.2, 0) is 22.4 Å². The number of imide groups is 1. The van der Waals surface area contributed by atoms with Gasteiger partial charge in [-0.1, -0.05) is 54.6 Å². The van der Waals surface area contributed by atoms with E-state index in [9.17, 15) is 9.59 Å². The Hall–Kier alpha value is -3.91. The smallest absolute Gasteiger partial charge is 0.252 e. The Balaban J connectivity index is 1.51. The summed E-state index contributed by atoms with van der Waals surface area (Å²) >= 11 is 5.76. The SMILES string of the molecule is COc1ccc(CCN(C(=S)Nc2ccccc2)C2CC(=O)N(CCc3ccccc3)C2=O)cc1OC. The van der Waals surface area contributed by atoms with Crippen LogP contribution in [0.2, 0.25) is 0 Å². The van der Waals surface area contributed by atoms with Gasteiger partial charge in [-0.2, -0.15) is 0 Å². The van der Waals surface area contributed by atoms with Gasteiger partial charge in [-0.3, -0.25) is 14.5 Å². The number of hydrogen-bond acceptors (Lipinski definition) is 5. The summed E-state index contributed by atoms with van der Waals surface area (Å²) in [6.07, 6.45) is 1.30. The predicted molar refractivity (Wildman–Crippen MR) is 148 cm³/mol. The van der Waals surface area contributed by atoms with E-state index in [4.69, 9.17) is 21.7 Å². The summed E-state index contributed by atoms with van der Waals surface area (Å²) < 4.78 is 10.8. The summed E-state index contributed by atoms with van der Waals surface area (Å²) in [4.78, 5) is 29.6. The van der Waals surface area contributed by atoms with Crippen molar-refractivity contribution in [1.29, 1.82) is 0 Å². The van der Waals surface area contributed by atoms with Crippen LogP contribution in [0.4, 0.5) is 5.69 Å². The molecular weight excluding hydrogens is 486 g/mol. The predicted octanol–water partition coefficient (Wildman–Crippen LogP) is 4.32. The van der Waals surface area contributed by atoms with E-state index in [0.29, 0.717) is 42.5 Å². The van der Waals surface area contributed by atoms with Crippen LogP contribution in [0.15, 0.2) is 78.9 Å². The lowest BCUT2D eigenvalue weighted by Crippen LogP contribution is -2.48. The van der Waals surface area contributed by atoms with Crippen molar-refractivity contribution in [2.75, 3.05) is 32.6 Å². The molecule has 1 N–H and O–H groups in total. The quantitative estimate of drug-likeness (QED) is 0.317. The van der Waals surface area contributed by atoms with Gasteiger partial charge in [-0.25, -0.2) is 0 Å². The highest BCUT2D eigenvalue weighted by Gasteiger charge is 2.42. The third-order valence-electron chi connectivity index (χ3n) is 6.44. The van der Waals surface area contributed by atoms with E-state index in [2.05, 4.69) is 5.32 Å². The van der Waals surface area contributed by atoms with E-state index in [1.54, 1.807) is 14.2 Å². The standard InChI is InChI=1S/C29H31N3O4S/c1-35-25-14-13-22(19-26(25)36-2)16-17-31(29(37)30-23-11-7-4-8-12-23)24-20-27(33)32(28(24)34)18-15-21-9-5-3-6-10-21/h3-14,19,24H,15-18,20H2,1-2H3,(H,30,37). The van der Waals surface area contributed by atoms with Crippen LogP contribution in [0.25, 0.3) is 0 Å². The third-order valence-corrected chi connectivity index (χ3v) is 6.78. The molecule has 1 unspecified atom stereocenters. The Kier molecular flexibility index (Phi) is 8.74. The Morgan fingerprint density at radius 1 is 0.919 bits per heavy atom. The molecule has 0 spiro atoms. The molecule has 3 aromatic rings. The molecule has 0 radical (unpaired) electrons. The monoisotopic (exact) mass is 517 g/mol. The zero-order valence-electron chi connectivity index (χ0n) is 21.1. The molecule has 1 saturated heterocycles. The van der Waals surface area contributed by atoms with Crippen molar-refractivity contribution in [2.45, 2.75) is 25.3 Å². The molecule has 3 aromatic carbocycles. The number of benzene rings is 3. The number of anilines is 1. The molecule has 0 saturated carbocycles. The minimum atomic E-state index is -0.660. The van der Waals surface area contributed by atoms with Crippen molar-refractivity contribution >= 4 is 34.8 Å². The van der Waals surface area contributed by atoms with Gasteiger partial charge in [0.15, 0.2) is 16.6 Å². The summed E-state index contributed by atoms with van der Waals surface area (Å²) in [6, 6.07) is 24.5. The molecule has 1 fully saturated rings. The number of nitrogens with zero attached hydrogens (tertiary/aromatic N) is 2.